The number of imide groups is 1. The van der Waals surface area contributed by atoms with Gasteiger partial charge in [-0.15, -0.1) is 0 Å². The molecule has 0 aliphatic carbocycles. The second kappa shape index (κ2) is 9.27. The van der Waals surface area contributed by atoms with Gasteiger partial charge in [0.15, 0.2) is 0 Å². The molecular formula is C23H31N5O5S. The molecule has 11 heteroatoms. The minimum Gasteiger partial charge on any atom is -0.381 e. The van der Waals surface area contributed by atoms with Crippen LogP contribution in [-0.2, 0) is 26.0 Å². The summed E-state index contributed by atoms with van der Waals surface area (Å²) in [6.45, 7) is 3.92. The number of carbonyl (C=O) groups is 2. The number of amides is 3. The summed E-state index contributed by atoms with van der Waals surface area (Å²) in [5, 5.41) is 6.39. The van der Waals surface area contributed by atoms with Gasteiger partial charge in [-0.3, -0.25) is 15.0 Å². The van der Waals surface area contributed by atoms with Crippen molar-refractivity contribution in [2.45, 2.75) is 56.7 Å². The summed E-state index contributed by atoms with van der Waals surface area (Å²) in [6.07, 6.45) is 7.41. The second-order valence-electron chi connectivity index (χ2n) is 9.56. The van der Waals surface area contributed by atoms with E-state index in [1.165, 1.54) is 0 Å². The average molecular weight is 490 g/mol. The summed E-state index contributed by atoms with van der Waals surface area (Å²) in [6, 6.07) is 3.61. The Labute approximate surface area is 199 Å². The highest BCUT2D eigenvalue weighted by Crippen LogP contribution is 2.32. The van der Waals surface area contributed by atoms with Crippen molar-refractivity contribution < 1.29 is 22.7 Å². The van der Waals surface area contributed by atoms with Crippen molar-refractivity contribution in [2.24, 2.45) is 5.92 Å². The molecule has 10 nitrogen and oxygen atoms in total. The second-order valence-corrected chi connectivity index (χ2v) is 11.7. The molecule has 0 saturated carbocycles. The predicted octanol–water partition coefficient (Wildman–Crippen LogP) is 1.93. The summed E-state index contributed by atoms with van der Waals surface area (Å²) in [7, 11) is -3.30. The van der Waals surface area contributed by atoms with E-state index in [1.807, 2.05) is 25.3 Å². The van der Waals surface area contributed by atoms with Gasteiger partial charge >= 0.3 is 6.03 Å². The first-order valence-electron chi connectivity index (χ1n) is 12.0. The lowest BCUT2D eigenvalue weighted by Gasteiger charge is -2.39. The maximum atomic E-state index is 13.2. The van der Waals surface area contributed by atoms with E-state index in [0.29, 0.717) is 50.8 Å². The van der Waals surface area contributed by atoms with Gasteiger partial charge in [-0.1, -0.05) is 0 Å². The molecule has 3 aliphatic rings. The fraction of sp³-hybridized carbons (Fsp3) is 0.609. The molecular weight excluding hydrogens is 458 g/mol. The molecule has 3 saturated heterocycles. The maximum Gasteiger partial charge on any atom is 0.328 e. The van der Waals surface area contributed by atoms with Crippen molar-refractivity contribution in [3.63, 3.8) is 0 Å². The molecule has 2 aromatic rings. The maximum absolute atomic E-state index is 13.2. The number of fused-ring (bicyclic) bond motifs is 1. The van der Waals surface area contributed by atoms with Crippen LogP contribution in [0.2, 0.25) is 0 Å². The number of aromatic nitrogens is 2. The molecule has 3 amide bonds. The monoisotopic (exact) mass is 489 g/mol. The molecule has 0 bridgehead atoms. The van der Waals surface area contributed by atoms with Crippen LogP contribution in [0.15, 0.2) is 24.5 Å². The van der Waals surface area contributed by atoms with Crippen LogP contribution in [0.1, 0.15) is 44.6 Å². The Bertz CT molecular complexity index is 1190. The fourth-order valence-electron chi connectivity index (χ4n) is 5.45. The van der Waals surface area contributed by atoms with Crippen molar-refractivity contribution in [3.8, 4) is 0 Å². The average Bonchev–Trinajstić information content (AvgIpc) is 3.22. The number of piperidine rings is 1. The summed E-state index contributed by atoms with van der Waals surface area (Å²) in [5.74, 6) is 0.110. The molecule has 0 aromatic carbocycles. The smallest absolute Gasteiger partial charge is 0.328 e. The van der Waals surface area contributed by atoms with E-state index in [0.717, 1.165) is 30.3 Å². The number of anilines is 1. The summed E-state index contributed by atoms with van der Waals surface area (Å²) in [4.78, 5) is 25.4. The number of pyridine rings is 1. The van der Waals surface area contributed by atoms with Crippen LogP contribution < -0.4 is 10.2 Å². The number of urea groups is 1. The van der Waals surface area contributed by atoms with E-state index in [2.05, 4.69) is 10.4 Å². The number of rotatable bonds is 5. The summed E-state index contributed by atoms with van der Waals surface area (Å²) in [5.41, 5.74) is 2.62. The molecule has 0 radical (unpaired) electrons. The molecule has 0 spiro atoms. The number of hydrogen-bond acceptors (Lipinski definition) is 6. The lowest BCUT2D eigenvalue weighted by Crippen LogP contribution is -2.49. The Morgan fingerprint density at radius 3 is 2.71 bits per heavy atom. The normalized spacial score (nSPS) is 25.6. The van der Waals surface area contributed by atoms with Crippen LogP contribution in [0.25, 0.3) is 5.52 Å². The van der Waals surface area contributed by atoms with Gasteiger partial charge in [-0.05, 0) is 62.6 Å². The Hall–Kier alpha value is -2.50. The molecule has 1 N–H and O–H groups in total. The molecule has 5 rings (SSSR count). The minimum atomic E-state index is -3.30. The van der Waals surface area contributed by atoms with E-state index in [9.17, 15) is 18.0 Å². The third kappa shape index (κ3) is 4.44. The van der Waals surface area contributed by atoms with E-state index in [4.69, 9.17) is 4.74 Å². The van der Waals surface area contributed by atoms with Crippen LogP contribution in [0, 0.1) is 5.92 Å². The molecule has 3 aliphatic heterocycles. The van der Waals surface area contributed by atoms with Gasteiger partial charge in [0.25, 0.3) is 0 Å². The van der Waals surface area contributed by atoms with E-state index >= 15 is 0 Å². The number of nitrogens with one attached hydrogen (secondary N) is 1. The first-order valence-corrected chi connectivity index (χ1v) is 13.5. The van der Waals surface area contributed by atoms with Crippen molar-refractivity contribution in [3.05, 3.63) is 30.1 Å². The lowest BCUT2D eigenvalue weighted by molar-refractivity contribution is -0.120. The molecule has 2 atom stereocenters. The number of carbonyl (C=O) groups excluding carboxylic acids is 2. The van der Waals surface area contributed by atoms with Gasteiger partial charge < -0.3 is 4.74 Å². The topological polar surface area (TPSA) is 113 Å². The lowest BCUT2D eigenvalue weighted by atomic mass is 9.88. The van der Waals surface area contributed by atoms with E-state index in [1.54, 1.807) is 19.9 Å². The molecule has 184 valence electrons. The highest BCUT2D eigenvalue weighted by atomic mass is 32.2. The highest BCUT2D eigenvalue weighted by Gasteiger charge is 2.39. The van der Waals surface area contributed by atoms with Gasteiger partial charge in [-0.25, -0.2) is 17.7 Å². The molecule has 34 heavy (non-hydrogen) atoms. The van der Waals surface area contributed by atoms with Crippen molar-refractivity contribution in [1.29, 1.82) is 0 Å². The SMILES string of the molecule is C[C@H]1C[C@H](Cc2ccn3ncc(N4CCC(=O)NC4=O)c3c2)CCN1S(=O)(=O)C1CCOCC1. The standard InChI is InChI=1S/C23H31N5O5S/c1-16-12-17(3-9-28(16)34(31,32)19-5-10-33-11-6-19)13-18-2-8-27-20(14-18)21(15-24-27)26-7-4-22(29)25-23(26)30/h2,8,14-17,19H,3-7,9-13H2,1H3,(H,25,29,30)/t16-,17+/m0/s1. The predicted molar refractivity (Wildman–Crippen MR) is 126 cm³/mol. The van der Waals surface area contributed by atoms with Gasteiger partial charge in [0, 0.05) is 45.0 Å². The Morgan fingerprint density at radius 2 is 1.97 bits per heavy atom. The van der Waals surface area contributed by atoms with Crippen LogP contribution in [0.5, 0.6) is 0 Å². The summed E-state index contributed by atoms with van der Waals surface area (Å²) >= 11 is 0. The summed E-state index contributed by atoms with van der Waals surface area (Å²) < 4.78 is 35.1. The van der Waals surface area contributed by atoms with E-state index < -0.39 is 16.1 Å². The van der Waals surface area contributed by atoms with Crippen molar-refractivity contribution in [2.75, 3.05) is 31.2 Å². The highest BCUT2D eigenvalue weighted by molar-refractivity contribution is 7.89. The van der Waals surface area contributed by atoms with E-state index in [-0.39, 0.29) is 23.6 Å². The van der Waals surface area contributed by atoms with Gasteiger partial charge in [-0.2, -0.15) is 9.40 Å². The fourth-order valence-corrected chi connectivity index (χ4v) is 7.57. The van der Waals surface area contributed by atoms with Crippen LogP contribution in [-0.4, -0.2) is 71.9 Å². The van der Waals surface area contributed by atoms with Crippen LogP contribution >= 0.6 is 0 Å². The third-order valence-corrected chi connectivity index (χ3v) is 9.79. The molecule has 3 fully saturated rings. The largest absolute Gasteiger partial charge is 0.381 e. The zero-order chi connectivity index (χ0) is 23.9. The van der Waals surface area contributed by atoms with Gasteiger partial charge in [0.2, 0.25) is 15.9 Å². The Kier molecular flexibility index (Phi) is 6.34. The van der Waals surface area contributed by atoms with Crippen molar-refractivity contribution in [1.82, 2.24) is 19.2 Å². The Morgan fingerprint density at radius 1 is 1.18 bits per heavy atom. The first-order chi connectivity index (χ1) is 16.3. The zero-order valence-corrected chi connectivity index (χ0v) is 20.2. The number of nitrogens with zero attached hydrogens (tertiary/aromatic N) is 4. The molecule has 2 aromatic heterocycles. The van der Waals surface area contributed by atoms with Gasteiger partial charge in [0.1, 0.15) is 0 Å². The number of ether oxygens (including phenoxy) is 1. The molecule has 0 unspecified atom stereocenters. The minimum absolute atomic E-state index is 0.0320. The third-order valence-electron chi connectivity index (χ3n) is 7.27. The first kappa shape index (κ1) is 23.3. The van der Waals surface area contributed by atoms with Crippen molar-refractivity contribution >= 4 is 33.2 Å². The van der Waals surface area contributed by atoms with Gasteiger partial charge in [0.05, 0.1) is 22.7 Å². The van der Waals surface area contributed by atoms with Crippen LogP contribution in [0.4, 0.5) is 10.5 Å². The number of hydrogen-bond donors (Lipinski definition) is 1. The zero-order valence-electron chi connectivity index (χ0n) is 19.4. The van der Waals surface area contributed by atoms with Crippen LogP contribution in [0.3, 0.4) is 0 Å². The quantitative estimate of drug-likeness (QED) is 0.687. The molecule has 5 heterocycles. The Balaban J connectivity index is 1.28. The number of sulfonamides is 1.